The molecule has 1 aliphatic heterocycles. The third kappa shape index (κ3) is 4.96. The van der Waals surface area contributed by atoms with Gasteiger partial charge in [0.05, 0.1) is 13.2 Å². The lowest BCUT2D eigenvalue weighted by atomic mass is 10.1. The van der Waals surface area contributed by atoms with Crippen LogP contribution in [0.2, 0.25) is 0 Å². The molecule has 1 aliphatic rings. The Morgan fingerprint density at radius 2 is 1.95 bits per heavy atom. The van der Waals surface area contributed by atoms with Crippen LogP contribution in [0.4, 0.5) is 0 Å². The van der Waals surface area contributed by atoms with Crippen LogP contribution < -0.4 is 10.5 Å². The van der Waals surface area contributed by atoms with Gasteiger partial charge in [-0.15, -0.1) is 0 Å². The van der Waals surface area contributed by atoms with Crippen LogP contribution in [-0.2, 0) is 6.54 Å². The summed E-state index contributed by atoms with van der Waals surface area (Å²) in [6.45, 7) is 7.66. The Morgan fingerprint density at radius 3 is 2.67 bits per heavy atom. The second kappa shape index (κ2) is 7.91. The zero-order chi connectivity index (χ0) is 15.1. The van der Waals surface area contributed by atoms with E-state index in [0.717, 1.165) is 31.0 Å². The molecule has 0 saturated carbocycles. The minimum Gasteiger partial charge on any atom is -0.493 e. The lowest BCUT2D eigenvalue weighted by Crippen LogP contribution is -2.40. The Labute approximate surface area is 128 Å². The molecule has 0 unspecified atom stereocenters. The molecule has 0 atom stereocenters. The van der Waals surface area contributed by atoms with Crippen LogP contribution in [0.3, 0.4) is 0 Å². The van der Waals surface area contributed by atoms with Crippen molar-refractivity contribution in [2.45, 2.75) is 39.7 Å². The smallest absolute Gasteiger partial charge is 0.191 e. The van der Waals surface area contributed by atoms with E-state index in [-0.39, 0.29) is 0 Å². The highest BCUT2D eigenvalue weighted by atomic mass is 16.5. The van der Waals surface area contributed by atoms with Gasteiger partial charge < -0.3 is 15.4 Å². The number of hydrogen-bond donors (Lipinski definition) is 1. The maximum atomic E-state index is 6.10. The highest BCUT2D eigenvalue weighted by Gasteiger charge is 2.12. The minimum atomic E-state index is 0.514. The van der Waals surface area contributed by atoms with E-state index >= 15 is 0 Å². The largest absolute Gasteiger partial charge is 0.493 e. The second-order valence-electron chi connectivity index (χ2n) is 6.03. The van der Waals surface area contributed by atoms with Crippen LogP contribution in [0.1, 0.15) is 38.7 Å². The maximum Gasteiger partial charge on any atom is 0.191 e. The SMILES string of the molecule is CC(C)COc1ccccc1CN=C(N)N1CCCCC1. The van der Waals surface area contributed by atoms with Crippen molar-refractivity contribution in [3.8, 4) is 5.75 Å². The van der Waals surface area contributed by atoms with Gasteiger partial charge in [0.1, 0.15) is 5.75 Å². The van der Waals surface area contributed by atoms with Crippen LogP contribution in [-0.4, -0.2) is 30.6 Å². The molecule has 0 radical (unpaired) electrons. The fourth-order valence-electron chi connectivity index (χ4n) is 2.42. The van der Waals surface area contributed by atoms with E-state index in [9.17, 15) is 0 Å². The average molecular weight is 289 g/mol. The molecule has 1 aromatic rings. The van der Waals surface area contributed by atoms with E-state index < -0.39 is 0 Å². The van der Waals surface area contributed by atoms with E-state index in [4.69, 9.17) is 10.5 Å². The van der Waals surface area contributed by atoms with Crippen molar-refractivity contribution < 1.29 is 4.74 Å². The van der Waals surface area contributed by atoms with E-state index in [1.54, 1.807) is 0 Å². The number of ether oxygens (including phenoxy) is 1. The van der Waals surface area contributed by atoms with E-state index in [2.05, 4.69) is 29.8 Å². The molecule has 0 aromatic heterocycles. The number of benzene rings is 1. The molecule has 4 heteroatoms. The fourth-order valence-corrected chi connectivity index (χ4v) is 2.42. The molecule has 0 bridgehead atoms. The van der Waals surface area contributed by atoms with Crippen LogP contribution in [0, 0.1) is 5.92 Å². The zero-order valence-corrected chi connectivity index (χ0v) is 13.2. The number of piperidine rings is 1. The standard InChI is InChI=1S/C17H27N3O/c1-14(2)13-21-16-9-5-4-8-15(16)12-19-17(18)20-10-6-3-7-11-20/h4-5,8-9,14H,3,6-7,10-13H2,1-2H3,(H2,18,19). The van der Waals surface area contributed by atoms with Gasteiger partial charge in [0.25, 0.3) is 0 Å². The van der Waals surface area contributed by atoms with Gasteiger partial charge in [0.15, 0.2) is 5.96 Å². The van der Waals surface area contributed by atoms with E-state index in [0.29, 0.717) is 18.4 Å². The van der Waals surface area contributed by atoms with Crippen LogP contribution in [0.5, 0.6) is 5.75 Å². The summed E-state index contributed by atoms with van der Waals surface area (Å²) >= 11 is 0. The number of guanidine groups is 1. The Morgan fingerprint density at radius 1 is 1.24 bits per heavy atom. The van der Waals surface area contributed by atoms with Crippen molar-refractivity contribution in [1.29, 1.82) is 0 Å². The lowest BCUT2D eigenvalue weighted by Gasteiger charge is -2.27. The first-order valence-electron chi connectivity index (χ1n) is 7.92. The predicted molar refractivity (Wildman–Crippen MR) is 87.5 cm³/mol. The van der Waals surface area contributed by atoms with Crippen LogP contribution in [0.15, 0.2) is 29.3 Å². The number of nitrogens with two attached hydrogens (primary N) is 1. The highest BCUT2D eigenvalue weighted by Crippen LogP contribution is 2.20. The Kier molecular flexibility index (Phi) is 5.90. The summed E-state index contributed by atoms with van der Waals surface area (Å²) in [6, 6.07) is 8.08. The molecule has 1 fully saturated rings. The minimum absolute atomic E-state index is 0.514. The van der Waals surface area contributed by atoms with Gasteiger partial charge in [-0.25, -0.2) is 4.99 Å². The molecule has 21 heavy (non-hydrogen) atoms. The summed E-state index contributed by atoms with van der Waals surface area (Å²) in [4.78, 5) is 6.73. The Bertz CT molecular complexity index is 465. The molecular weight excluding hydrogens is 262 g/mol. The first kappa shape index (κ1) is 15.7. The van der Waals surface area contributed by atoms with Crippen LogP contribution >= 0.6 is 0 Å². The number of nitrogens with zero attached hydrogens (tertiary/aromatic N) is 2. The van der Waals surface area contributed by atoms with Crippen molar-refractivity contribution in [2.75, 3.05) is 19.7 Å². The van der Waals surface area contributed by atoms with Crippen molar-refractivity contribution in [3.05, 3.63) is 29.8 Å². The molecule has 2 N–H and O–H groups in total. The summed E-state index contributed by atoms with van der Waals surface area (Å²) in [7, 11) is 0. The monoisotopic (exact) mass is 289 g/mol. The molecule has 0 amide bonds. The van der Waals surface area contributed by atoms with Gasteiger partial charge >= 0.3 is 0 Å². The van der Waals surface area contributed by atoms with Gasteiger partial charge in [-0.3, -0.25) is 0 Å². The maximum absolute atomic E-state index is 6.10. The molecular formula is C17H27N3O. The predicted octanol–water partition coefficient (Wildman–Crippen LogP) is 3.02. The van der Waals surface area contributed by atoms with Crippen molar-refractivity contribution >= 4 is 5.96 Å². The first-order chi connectivity index (χ1) is 10.2. The molecule has 0 spiro atoms. The number of hydrogen-bond acceptors (Lipinski definition) is 2. The highest BCUT2D eigenvalue weighted by molar-refractivity contribution is 5.78. The Hall–Kier alpha value is -1.71. The third-order valence-corrected chi connectivity index (χ3v) is 3.64. The first-order valence-corrected chi connectivity index (χ1v) is 7.92. The topological polar surface area (TPSA) is 50.9 Å². The second-order valence-corrected chi connectivity index (χ2v) is 6.03. The third-order valence-electron chi connectivity index (χ3n) is 3.64. The summed E-state index contributed by atoms with van der Waals surface area (Å²) in [5.41, 5.74) is 7.20. The molecule has 4 nitrogen and oxygen atoms in total. The fraction of sp³-hybridized carbons (Fsp3) is 0.588. The van der Waals surface area contributed by atoms with Gasteiger partial charge in [-0.2, -0.15) is 0 Å². The Balaban J connectivity index is 1.98. The van der Waals surface area contributed by atoms with Gasteiger partial charge in [-0.05, 0) is 31.2 Å². The van der Waals surface area contributed by atoms with E-state index in [1.807, 2.05) is 18.2 Å². The summed E-state index contributed by atoms with van der Waals surface area (Å²) in [5.74, 6) is 2.09. The summed E-state index contributed by atoms with van der Waals surface area (Å²) < 4.78 is 5.85. The number of likely N-dealkylation sites (tertiary alicyclic amines) is 1. The van der Waals surface area contributed by atoms with Crippen LogP contribution in [0.25, 0.3) is 0 Å². The molecule has 2 rings (SSSR count). The normalized spacial score (nSPS) is 16.3. The molecule has 1 aromatic carbocycles. The summed E-state index contributed by atoms with van der Waals surface area (Å²) in [5, 5.41) is 0. The number of aliphatic imine (C=N–C) groups is 1. The summed E-state index contributed by atoms with van der Waals surface area (Å²) in [6.07, 6.45) is 3.73. The van der Waals surface area contributed by atoms with Gasteiger partial charge in [0, 0.05) is 18.7 Å². The molecule has 0 aliphatic carbocycles. The molecule has 1 saturated heterocycles. The van der Waals surface area contributed by atoms with Gasteiger partial charge in [0.2, 0.25) is 0 Å². The van der Waals surface area contributed by atoms with E-state index in [1.165, 1.54) is 19.3 Å². The van der Waals surface area contributed by atoms with Crippen molar-refractivity contribution in [1.82, 2.24) is 4.90 Å². The lowest BCUT2D eigenvalue weighted by molar-refractivity contribution is 0.268. The number of rotatable bonds is 5. The average Bonchev–Trinajstić information content (AvgIpc) is 2.52. The van der Waals surface area contributed by atoms with Gasteiger partial charge in [-0.1, -0.05) is 32.0 Å². The van der Waals surface area contributed by atoms with Crippen molar-refractivity contribution in [3.63, 3.8) is 0 Å². The molecule has 1 heterocycles. The number of para-hydroxylation sites is 1. The molecule has 116 valence electrons. The zero-order valence-electron chi connectivity index (χ0n) is 13.2. The quantitative estimate of drug-likeness (QED) is 0.669. The van der Waals surface area contributed by atoms with Crippen molar-refractivity contribution in [2.24, 2.45) is 16.6 Å².